The molecule has 3 heterocycles. The van der Waals surface area contributed by atoms with Gasteiger partial charge in [0.15, 0.2) is 11.9 Å². The third-order valence-electron chi connectivity index (χ3n) is 6.26. The summed E-state index contributed by atoms with van der Waals surface area (Å²) >= 11 is 0. The Hall–Kier alpha value is -4.51. The highest BCUT2D eigenvalue weighted by Crippen LogP contribution is 2.33. The molecule has 0 spiro atoms. The number of rotatable bonds is 7. The molecule has 4 aromatic rings. The van der Waals surface area contributed by atoms with E-state index in [0.717, 1.165) is 11.1 Å². The van der Waals surface area contributed by atoms with E-state index in [-0.39, 0.29) is 24.9 Å². The molecule has 11 heteroatoms. The van der Waals surface area contributed by atoms with Crippen molar-refractivity contribution in [2.75, 3.05) is 19.5 Å². The molecule has 1 fully saturated rings. The summed E-state index contributed by atoms with van der Waals surface area (Å²) in [5.41, 5.74) is 8.98. The standard InChI is InChI=1S/C27H27N5O6/c1-15-4-8-17(9-5-15)25(33)36-14-21-20(38-26(34)18-10-6-16(2)7-11-18)12-22(37-21)32-13-19-23(31-32)29-27(28)30-24(19)35-3/h4-11,13,20-22H,12,14H2,1-3H3,(H2,28,29,31)/t20-,21+,22+/m0/s1. The number of esters is 2. The Labute approximate surface area is 218 Å². The summed E-state index contributed by atoms with van der Waals surface area (Å²) < 4.78 is 24.4. The fraction of sp³-hybridized carbons (Fsp3) is 0.296. The molecular formula is C27H27N5O6. The van der Waals surface area contributed by atoms with E-state index in [9.17, 15) is 9.59 Å². The Morgan fingerprint density at radius 1 is 1.00 bits per heavy atom. The number of carbonyl (C=O) groups is 2. The first-order chi connectivity index (χ1) is 18.3. The van der Waals surface area contributed by atoms with Crippen LogP contribution in [0.25, 0.3) is 11.0 Å². The largest absolute Gasteiger partial charge is 0.480 e. The van der Waals surface area contributed by atoms with E-state index < -0.39 is 30.4 Å². The Balaban J connectivity index is 1.36. The van der Waals surface area contributed by atoms with Crippen LogP contribution in [0.5, 0.6) is 5.88 Å². The smallest absolute Gasteiger partial charge is 0.338 e. The lowest BCUT2D eigenvalue weighted by atomic mass is 10.1. The molecule has 0 saturated carbocycles. The molecule has 0 unspecified atom stereocenters. The first-order valence-electron chi connectivity index (χ1n) is 12.0. The number of aromatic nitrogens is 4. The lowest BCUT2D eigenvalue weighted by Gasteiger charge is -2.19. The van der Waals surface area contributed by atoms with Crippen LogP contribution in [-0.2, 0) is 14.2 Å². The fourth-order valence-corrected chi connectivity index (χ4v) is 4.18. The second kappa shape index (κ2) is 10.5. The zero-order chi connectivity index (χ0) is 26.8. The summed E-state index contributed by atoms with van der Waals surface area (Å²) in [5.74, 6) is -0.693. The van der Waals surface area contributed by atoms with Crippen molar-refractivity contribution >= 4 is 28.9 Å². The molecule has 1 aliphatic rings. The highest BCUT2D eigenvalue weighted by molar-refractivity contribution is 5.90. The monoisotopic (exact) mass is 517 g/mol. The van der Waals surface area contributed by atoms with Crippen LogP contribution >= 0.6 is 0 Å². The van der Waals surface area contributed by atoms with Gasteiger partial charge in [-0.05, 0) is 38.1 Å². The number of benzene rings is 2. The van der Waals surface area contributed by atoms with E-state index in [0.29, 0.717) is 22.2 Å². The van der Waals surface area contributed by atoms with E-state index in [1.54, 1.807) is 35.1 Å². The normalized spacial score (nSPS) is 18.9. The molecule has 0 aliphatic carbocycles. The molecule has 2 N–H and O–H groups in total. The van der Waals surface area contributed by atoms with Crippen LogP contribution in [0.15, 0.2) is 54.7 Å². The maximum absolute atomic E-state index is 12.9. The number of carbonyl (C=O) groups excluding carboxylic acids is 2. The number of nitrogens with zero attached hydrogens (tertiary/aromatic N) is 4. The van der Waals surface area contributed by atoms with Crippen LogP contribution in [0.2, 0.25) is 0 Å². The van der Waals surface area contributed by atoms with Crippen molar-refractivity contribution < 1.29 is 28.5 Å². The summed E-state index contributed by atoms with van der Waals surface area (Å²) in [6, 6.07) is 14.1. The molecular weight excluding hydrogens is 490 g/mol. The lowest BCUT2D eigenvalue weighted by molar-refractivity contribution is -0.0598. The van der Waals surface area contributed by atoms with Crippen molar-refractivity contribution in [1.29, 1.82) is 0 Å². The van der Waals surface area contributed by atoms with Crippen LogP contribution in [-0.4, -0.2) is 57.6 Å². The van der Waals surface area contributed by atoms with Gasteiger partial charge in [0.25, 0.3) is 0 Å². The molecule has 196 valence electrons. The number of aryl methyl sites for hydroxylation is 2. The van der Waals surface area contributed by atoms with Crippen molar-refractivity contribution in [2.45, 2.75) is 38.7 Å². The van der Waals surface area contributed by atoms with E-state index >= 15 is 0 Å². The number of anilines is 1. The van der Waals surface area contributed by atoms with Gasteiger partial charge in [-0.1, -0.05) is 35.4 Å². The van der Waals surface area contributed by atoms with Gasteiger partial charge in [0.05, 0.1) is 18.2 Å². The second-order valence-corrected chi connectivity index (χ2v) is 9.08. The molecule has 0 radical (unpaired) electrons. The van der Waals surface area contributed by atoms with Gasteiger partial charge in [0, 0.05) is 12.6 Å². The van der Waals surface area contributed by atoms with Gasteiger partial charge in [0.1, 0.15) is 24.2 Å². The zero-order valence-electron chi connectivity index (χ0n) is 21.2. The van der Waals surface area contributed by atoms with E-state index in [1.807, 2.05) is 38.1 Å². The highest BCUT2D eigenvalue weighted by atomic mass is 16.6. The number of ether oxygens (including phenoxy) is 4. The van der Waals surface area contributed by atoms with Gasteiger partial charge in [-0.3, -0.25) is 0 Å². The second-order valence-electron chi connectivity index (χ2n) is 9.08. The van der Waals surface area contributed by atoms with Crippen LogP contribution in [0.1, 0.15) is 44.5 Å². The van der Waals surface area contributed by atoms with Gasteiger partial charge >= 0.3 is 11.9 Å². The Morgan fingerprint density at radius 2 is 1.63 bits per heavy atom. The van der Waals surface area contributed by atoms with Crippen molar-refractivity contribution in [3.8, 4) is 5.88 Å². The Bertz CT molecular complexity index is 1470. The number of nitrogens with two attached hydrogens (primary N) is 1. The molecule has 5 rings (SSSR count). The summed E-state index contributed by atoms with van der Waals surface area (Å²) in [6.07, 6.45) is -0.116. The van der Waals surface area contributed by atoms with Crippen molar-refractivity contribution in [2.24, 2.45) is 0 Å². The van der Waals surface area contributed by atoms with Gasteiger partial charge in [-0.15, -0.1) is 5.10 Å². The SMILES string of the molecule is COc1nc(N)nc2nn([C@H]3C[C@H](OC(=O)c4ccc(C)cc4)[C@@H](COC(=O)c4ccc(C)cc4)O3)cc12. The minimum Gasteiger partial charge on any atom is -0.480 e. The van der Waals surface area contributed by atoms with E-state index in [1.165, 1.54) is 7.11 Å². The number of nitrogen functional groups attached to an aromatic ring is 1. The third-order valence-corrected chi connectivity index (χ3v) is 6.26. The molecule has 0 bridgehead atoms. The number of hydrogen-bond acceptors (Lipinski definition) is 10. The van der Waals surface area contributed by atoms with Crippen molar-refractivity contribution in [1.82, 2.24) is 19.7 Å². The Morgan fingerprint density at radius 3 is 2.26 bits per heavy atom. The number of fused-ring (bicyclic) bond motifs is 1. The van der Waals surface area contributed by atoms with Gasteiger partial charge in [-0.25, -0.2) is 14.3 Å². The predicted octanol–water partition coefficient (Wildman–Crippen LogP) is 3.40. The van der Waals surface area contributed by atoms with Crippen molar-refractivity contribution in [3.05, 3.63) is 77.0 Å². The highest BCUT2D eigenvalue weighted by Gasteiger charge is 2.40. The first kappa shape index (κ1) is 25.2. The Kier molecular flexibility index (Phi) is 6.93. The van der Waals surface area contributed by atoms with E-state index in [2.05, 4.69) is 15.1 Å². The van der Waals surface area contributed by atoms with Crippen LogP contribution in [0, 0.1) is 13.8 Å². The van der Waals surface area contributed by atoms with Gasteiger partial charge in [-0.2, -0.15) is 9.97 Å². The summed E-state index contributed by atoms with van der Waals surface area (Å²) in [6.45, 7) is 3.75. The molecule has 0 amide bonds. The molecule has 2 aromatic heterocycles. The minimum atomic E-state index is -0.728. The maximum Gasteiger partial charge on any atom is 0.338 e. The summed E-state index contributed by atoms with van der Waals surface area (Å²) in [5, 5.41) is 5.01. The molecule has 3 atom stereocenters. The van der Waals surface area contributed by atoms with Crippen LogP contribution in [0.4, 0.5) is 5.95 Å². The number of hydrogen-bond donors (Lipinski definition) is 1. The first-order valence-corrected chi connectivity index (χ1v) is 12.0. The van der Waals surface area contributed by atoms with Gasteiger partial charge in [0.2, 0.25) is 11.8 Å². The van der Waals surface area contributed by atoms with Crippen molar-refractivity contribution in [3.63, 3.8) is 0 Å². The summed E-state index contributed by atoms with van der Waals surface area (Å²) in [4.78, 5) is 33.7. The van der Waals surface area contributed by atoms with Crippen LogP contribution in [0.3, 0.4) is 0 Å². The topological polar surface area (TPSA) is 141 Å². The molecule has 1 saturated heterocycles. The van der Waals surface area contributed by atoms with E-state index in [4.69, 9.17) is 24.7 Å². The molecule has 11 nitrogen and oxygen atoms in total. The van der Waals surface area contributed by atoms with Gasteiger partial charge < -0.3 is 24.7 Å². The fourth-order valence-electron chi connectivity index (χ4n) is 4.18. The molecule has 38 heavy (non-hydrogen) atoms. The minimum absolute atomic E-state index is 0.0257. The maximum atomic E-state index is 12.9. The third kappa shape index (κ3) is 5.28. The average Bonchev–Trinajstić information content (AvgIpc) is 3.51. The zero-order valence-corrected chi connectivity index (χ0v) is 21.2. The summed E-state index contributed by atoms with van der Waals surface area (Å²) in [7, 11) is 1.48. The lowest BCUT2D eigenvalue weighted by Crippen LogP contribution is -2.32. The average molecular weight is 518 g/mol. The van der Waals surface area contributed by atoms with Crippen LogP contribution < -0.4 is 10.5 Å². The predicted molar refractivity (Wildman–Crippen MR) is 137 cm³/mol. The quantitative estimate of drug-likeness (QED) is 0.363. The molecule has 1 aliphatic heterocycles. The molecule has 2 aromatic carbocycles. The number of methoxy groups -OCH3 is 1.